The molecule has 1 fully saturated rings. The van der Waals surface area contributed by atoms with E-state index in [2.05, 4.69) is 26.6 Å². The highest BCUT2D eigenvalue weighted by Gasteiger charge is 2.16. The molecular weight excluding hydrogens is 363 g/mol. The predicted octanol–water partition coefficient (Wildman–Crippen LogP) is 2.46. The van der Waals surface area contributed by atoms with Crippen LogP contribution in [0.5, 0.6) is 0 Å². The zero-order valence-corrected chi connectivity index (χ0v) is 15.8. The van der Waals surface area contributed by atoms with E-state index in [0.717, 1.165) is 42.8 Å². The Morgan fingerprint density at radius 2 is 1.96 bits per heavy atom. The van der Waals surface area contributed by atoms with Crippen LogP contribution in [0.3, 0.4) is 0 Å². The van der Waals surface area contributed by atoms with E-state index >= 15 is 0 Å². The number of carbonyl (C=O) groups is 1. The van der Waals surface area contributed by atoms with Gasteiger partial charge < -0.3 is 20.3 Å². The van der Waals surface area contributed by atoms with Crippen molar-refractivity contribution in [3.63, 3.8) is 0 Å². The van der Waals surface area contributed by atoms with Crippen LogP contribution < -0.4 is 15.5 Å². The molecular formula is C17H24Cl2N4O2. The highest BCUT2D eigenvalue weighted by molar-refractivity contribution is 6.06. The van der Waals surface area contributed by atoms with Gasteiger partial charge in [0.1, 0.15) is 0 Å². The second kappa shape index (κ2) is 10.4. The van der Waals surface area contributed by atoms with Gasteiger partial charge in [-0.25, -0.2) is 0 Å². The van der Waals surface area contributed by atoms with Crippen LogP contribution in [0.25, 0.3) is 10.8 Å². The summed E-state index contributed by atoms with van der Waals surface area (Å²) in [6.45, 7) is 3.91. The molecule has 0 aliphatic carbocycles. The number of carbonyl (C=O) groups excluding carboxylic acids is 1. The van der Waals surface area contributed by atoms with E-state index < -0.39 is 0 Å². The van der Waals surface area contributed by atoms with E-state index in [0.29, 0.717) is 13.0 Å². The molecule has 1 aliphatic rings. The van der Waals surface area contributed by atoms with Crippen molar-refractivity contribution < 1.29 is 9.53 Å². The third-order valence-corrected chi connectivity index (χ3v) is 4.02. The summed E-state index contributed by atoms with van der Waals surface area (Å²) in [4.78, 5) is 18.5. The number of fused-ring (bicyclic) bond motifs is 1. The van der Waals surface area contributed by atoms with Gasteiger partial charge in [0, 0.05) is 54.9 Å². The minimum atomic E-state index is 0. The summed E-state index contributed by atoms with van der Waals surface area (Å²) in [5.41, 5.74) is 1.98. The quantitative estimate of drug-likeness (QED) is 0.825. The third kappa shape index (κ3) is 5.19. The average Bonchev–Trinajstić information content (AvgIpc) is 2.61. The van der Waals surface area contributed by atoms with E-state index in [-0.39, 0.29) is 30.7 Å². The molecule has 2 N–H and O–H groups in total. The Balaban J connectivity index is 0.00000156. The molecule has 3 rings (SSSR count). The Kier molecular flexibility index (Phi) is 8.92. The van der Waals surface area contributed by atoms with Crippen LogP contribution >= 0.6 is 24.8 Å². The summed E-state index contributed by atoms with van der Waals surface area (Å²) in [5, 5.41) is 8.04. The van der Waals surface area contributed by atoms with Gasteiger partial charge in [0.15, 0.2) is 0 Å². The van der Waals surface area contributed by atoms with Gasteiger partial charge >= 0.3 is 0 Å². The molecule has 1 aromatic carbocycles. The molecule has 1 saturated heterocycles. The fourth-order valence-corrected chi connectivity index (χ4v) is 2.81. The number of benzene rings is 1. The first kappa shape index (κ1) is 21.4. The molecule has 0 spiro atoms. The number of hydrogen-bond acceptors (Lipinski definition) is 5. The minimum absolute atomic E-state index is 0. The van der Waals surface area contributed by atoms with E-state index in [1.807, 2.05) is 25.4 Å². The monoisotopic (exact) mass is 386 g/mol. The first-order valence-electron chi connectivity index (χ1n) is 7.93. The van der Waals surface area contributed by atoms with Gasteiger partial charge in [-0.2, -0.15) is 0 Å². The van der Waals surface area contributed by atoms with Gasteiger partial charge in [-0.3, -0.25) is 9.78 Å². The summed E-state index contributed by atoms with van der Waals surface area (Å²) >= 11 is 0. The first-order chi connectivity index (χ1) is 11.3. The molecule has 1 aliphatic heterocycles. The van der Waals surface area contributed by atoms with Crippen LogP contribution in [0.4, 0.5) is 11.4 Å². The topological polar surface area (TPSA) is 66.5 Å². The summed E-state index contributed by atoms with van der Waals surface area (Å²) in [5.74, 6) is 0.00336. The number of rotatable bonds is 5. The summed E-state index contributed by atoms with van der Waals surface area (Å²) < 4.78 is 5.43. The Labute approximate surface area is 160 Å². The van der Waals surface area contributed by atoms with Crippen molar-refractivity contribution >= 4 is 52.9 Å². The van der Waals surface area contributed by atoms with E-state index in [9.17, 15) is 4.79 Å². The molecule has 8 heteroatoms. The van der Waals surface area contributed by atoms with Gasteiger partial charge in [-0.05, 0) is 25.2 Å². The summed E-state index contributed by atoms with van der Waals surface area (Å²) in [6, 6.07) is 6.04. The summed E-state index contributed by atoms with van der Waals surface area (Å²) in [6.07, 6.45) is 4.05. The molecule has 0 saturated carbocycles. The number of halogens is 2. The molecule has 6 nitrogen and oxygen atoms in total. The second-order valence-corrected chi connectivity index (χ2v) is 5.55. The number of nitrogens with zero attached hydrogens (tertiary/aromatic N) is 2. The molecule has 138 valence electrons. The van der Waals surface area contributed by atoms with Crippen LogP contribution in [-0.4, -0.2) is 50.8 Å². The van der Waals surface area contributed by atoms with Gasteiger partial charge in [0.05, 0.1) is 18.9 Å². The Morgan fingerprint density at radius 3 is 2.68 bits per heavy atom. The van der Waals surface area contributed by atoms with Crippen molar-refractivity contribution in [1.29, 1.82) is 0 Å². The molecule has 2 aromatic rings. The Hall–Kier alpha value is -1.60. The minimum Gasteiger partial charge on any atom is -0.378 e. The molecule has 2 heterocycles. The number of aromatic nitrogens is 1. The highest BCUT2D eigenvalue weighted by atomic mass is 35.5. The lowest BCUT2D eigenvalue weighted by Gasteiger charge is -2.30. The van der Waals surface area contributed by atoms with Crippen LogP contribution in [-0.2, 0) is 9.53 Å². The van der Waals surface area contributed by atoms with Gasteiger partial charge in [0.25, 0.3) is 0 Å². The van der Waals surface area contributed by atoms with Crippen LogP contribution in [0.2, 0.25) is 0 Å². The molecule has 1 amide bonds. The molecule has 1 aromatic heterocycles. The average molecular weight is 387 g/mol. The maximum absolute atomic E-state index is 12.0. The smallest absolute Gasteiger partial charge is 0.225 e. The highest BCUT2D eigenvalue weighted by Crippen LogP contribution is 2.32. The van der Waals surface area contributed by atoms with Crippen molar-refractivity contribution in [1.82, 2.24) is 10.3 Å². The zero-order chi connectivity index (χ0) is 16.1. The molecule has 0 atom stereocenters. The molecule has 0 unspecified atom stereocenters. The first-order valence-corrected chi connectivity index (χ1v) is 7.93. The van der Waals surface area contributed by atoms with Gasteiger partial charge in [-0.1, -0.05) is 0 Å². The van der Waals surface area contributed by atoms with E-state index in [4.69, 9.17) is 4.74 Å². The van der Waals surface area contributed by atoms with Crippen molar-refractivity contribution in [3.05, 3.63) is 30.6 Å². The number of pyridine rings is 1. The van der Waals surface area contributed by atoms with Gasteiger partial charge in [-0.15, -0.1) is 24.8 Å². The lowest BCUT2D eigenvalue weighted by atomic mass is 10.1. The molecule has 0 radical (unpaired) electrons. The van der Waals surface area contributed by atoms with Crippen molar-refractivity contribution in [3.8, 4) is 0 Å². The largest absolute Gasteiger partial charge is 0.378 e. The number of morpholine rings is 1. The zero-order valence-electron chi connectivity index (χ0n) is 14.2. The van der Waals surface area contributed by atoms with Gasteiger partial charge in [0.2, 0.25) is 5.91 Å². The SMILES string of the molecule is CNCCC(=O)Nc1ccc(N2CCOCC2)c2ccncc12.Cl.Cl. The van der Waals surface area contributed by atoms with Crippen LogP contribution in [0.15, 0.2) is 30.6 Å². The Bertz CT molecular complexity index is 693. The normalized spacial score (nSPS) is 13.7. The predicted molar refractivity (Wildman–Crippen MR) is 106 cm³/mol. The fourth-order valence-electron chi connectivity index (χ4n) is 2.81. The lowest BCUT2D eigenvalue weighted by molar-refractivity contribution is -0.116. The maximum Gasteiger partial charge on any atom is 0.225 e. The summed E-state index contributed by atoms with van der Waals surface area (Å²) in [7, 11) is 1.84. The Morgan fingerprint density at radius 1 is 1.20 bits per heavy atom. The second-order valence-electron chi connectivity index (χ2n) is 5.55. The van der Waals surface area contributed by atoms with E-state index in [1.54, 1.807) is 6.20 Å². The third-order valence-electron chi connectivity index (χ3n) is 4.02. The standard InChI is InChI=1S/C17H22N4O2.2ClH/c1-18-6-5-17(22)20-15-2-3-16(21-8-10-23-11-9-21)13-4-7-19-12-14(13)15;;/h2-4,7,12,18H,5-6,8-11H2,1H3,(H,20,22);2*1H. The van der Waals surface area contributed by atoms with Crippen molar-refractivity contribution in [2.24, 2.45) is 0 Å². The molecule has 0 bridgehead atoms. The molecule has 25 heavy (non-hydrogen) atoms. The number of ether oxygens (including phenoxy) is 1. The fraction of sp³-hybridized carbons (Fsp3) is 0.412. The van der Waals surface area contributed by atoms with Crippen LogP contribution in [0.1, 0.15) is 6.42 Å². The van der Waals surface area contributed by atoms with Crippen molar-refractivity contribution in [2.75, 3.05) is 50.1 Å². The van der Waals surface area contributed by atoms with Crippen LogP contribution in [0, 0.1) is 0 Å². The lowest BCUT2D eigenvalue weighted by Crippen LogP contribution is -2.36. The number of amides is 1. The van der Waals surface area contributed by atoms with Crippen molar-refractivity contribution in [2.45, 2.75) is 6.42 Å². The number of hydrogen-bond donors (Lipinski definition) is 2. The van der Waals surface area contributed by atoms with E-state index in [1.165, 1.54) is 5.69 Å². The number of nitrogens with one attached hydrogen (secondary N) is 2. The maximum atomic E-state index is 12.0. The number of anilines is 2.